The number of nitrogens with zero attached hydrogens (tertiary/aromatic N) is 4. The number of benzene rings is 2. The zero-order valence-electron chi connectivity index (χ0n) is 28.5. The molecule has 2 aliphatic heterocycles. The lowest BCUT2D eigenvalue weighted by Gasteiger charge is -2.16. The minimum absolute atomic E-state index is 0.0537. The summed E-state index contributed by atoms with van der Waals surface area (Å²) in [5.41, 5.74) is 6.14. The van der Waals surface area contributed by atoms with E-state index in [0.717, 1.165) is 29.5 Å². The quantitative estimate of drug-likeness (QED) is 0.147. The maximum absolute atomic E-state index is 13.3. The fourth-order valence-electron chi connectivity index (χ4n) is 6.83. The van der Waals surface area contributed by atoms with E-state index in [9.17, 15) is 19.6 Å². The standard InChI is InChI=1S/C39H37ClN8O4/c1-52-38-24(18-42-21-26-9-12-35(49)45-26)8-11-33(47-38)30-6-3-5-29(32(30)17-41)31-7-2-4-28(37(31)40)23-14-15-48-34(16-23)44-20-25(39(48)51)19-43-22-27-10-13-36(50)46-27/h2-8,11,14-16,20,26-27,42-43H,9-10,12-13,18-19,21-22H2,1H3,(H,45,49)(H,46,50)/t26-,27+/m1/s1. The van der Waals surface area contributed by atoms with Crippen LogP contribution in [0.3, 0.4) is 0 Å². The van der Waals surface area contributed by atoms with Gasteiger partial charge in [-0.3, -0.25) is 18.8 Å². The number of fused-ring (bicyclic) bond motifs is 1. The van der Waals surface area contributed by atoms with Gasteiger partial charge in [-0.2, -0.15) is 5.26 Å². The average Bonchev–Trinajstić information content (AvgIpc) is 3.78. The number of rotatable bonds is 12. The van der Waals surface area contributed by atoms with Gasteiger partial charge < -0.3 is 26.0 Å². The Kier molecular flexibility index (Phi) is 10.3. The van der Waals surface area contributed by atoms with Crippen LogP contribution < -0.4 is 31.6 Å². The van der Waals surface area contributed by atoms with Gasteiger partial charge in [0, 0.05) is 96.9 Å². The number of methoxy groups -OCH3 is 1. The van der Waals surface area contributed by atoms with Gasteiger partial charge in [0.1, 0.15) is 11.7 Å². The molecule has 7 rings (SSSR count). The predicted octanol–water partition coefficient (Wildman–Crippen LogP) is 4.36. The summed E-state index contributed by atoms with van der Waals surface area (Å²) in [7, 11) is 1.56. The average molecular weight is 717 g/mol. The molecule has 2 fully saturated rings. The second-order valence-electron chi connectivity index (χ2n) is 13.0. The fourth-order valence-corrected chi connectivity index (χ4v) is 7.17. The van der Waals surface area contributed by atoms with Crippen LogP contribution in [0.2, 0.25) is 5.02 Å². The number of aromatic nitrogens is 3. The highest BCUT2D eigenvalue weighted by molar-refractivity contribution is 6.36. The minimum atomic E-state index is -0.177. The Morgan fingerprint density at radius 3 is 2.19 bits per heavy atom. The topological polar surface area (TPSA) is 163 Å². The molecule has 2 amide bonds. The third-order valence-corrected chi connectivity index (χ3v) is 9.95. The summed E-state index contributed by atoms with van der Waals surface area (Å²) in [4.78, 5) is 45.6. The third-order valence-electron chi connectivity index (χ3n) is 9.55. The van der Waals surface area contributed by atoms with Gasteiger partial charge in [0.15, 0.2) is 0 Å². The lowest BCUT2D eigenvalue weighted by Crippen LogP contribution is -2.36. The van der Waals surface area contributed by atoms with Crippen molar-refractivity contribution in [3.05, 3.63) is 105 Å². The number of hydrogen-bond donors (Lipinski definition) is 4. The van der Waals surface area contributed by atoms with Gasteiger partial charge >= 0.3 is 0 Å². The first kappa shape index (κ1) is 34.8. The number of nitrogens with one attached hydrogen (secondary N) is 4. The lowest BCUT2D eigenvalue weighted by atomic mass is 9.92. The van der Waals surface area contributed by atoms with E-state index >= 15 is 0 Å². The van der Waals surface area contributed by atoms with Crippen molar-refractivity contribution in [3.63, 3.8) is 0 Å². The minimum Gasteiger partial charge on any atom is -0.481 e. The molecule has 0 unspecified atom stereocenters. The number of ether oxygens (including phenoxy) is 1. The van der Waals surface area contributed by atoms with Crippen LogP contribution in [0.25, 0.3) is 39.2 Å². The summed E-state index contributed by atoms with van der Waals surface area (Å²) < 4.78 is 7.14. The van der Waals surface area contributed by atoms with Crippen LogP contribution in [0.15, 0.2) is 77.9 Å². The molecule has 4 N–H and O–H groups in total. The third kappa shape index (κ3) is 7.25. The Hall–Kier alpha value is -5.61. The highest BCUT2D eigenvalue weighted by Crippen LogP contribution is 2.40. The van der Waals surface area contributed by atoms with Crippen LogP contribution in [-0.2, 0) is 22.7 Å². The van der Waals surface area contributed by atoms with Gasteiger partial charge in [-0.15, -0.1) is 0 Å². The van der Waals surface area contributed by atoms with E-state index < -0.39 is 0 Å². The highest BCUT2D eigenvalue weighted by Gasteiger charge is 2.22. The van der Waals surface area contributed by atoms with Gasteiger partial charge in [-0.25, -0.2) is 9.97 Å². The summed E-state index contributed by atoms with van der Waals surface area (Å²) in [5, 5.41) is 23.4. The number of nitriles is 1. The largest absolute Gasteiger partial charge is 0.481 e. The molecule has 12 nitrogen and oxygen atoms in total. The summed E-state index contributed by atoms with van der Waals surface area (Å²) in [6.07, 6.45) is 5.94. The molecule has 2 aliphatic rings. The monoisotopic (exact) mass is 716 g/mol. The second kappa shape index (κ2) is 15.3. The first-order valence-electron chi connectivity index (χ1n) is 17.2. The Labute approximate surface area is 305 Å². The zero-order valence-corrected chi connectivity index (χ0v) is 29.3. The van der Waals surface area contributed by atoms with Crippen molar-refractivity contribution < 1.29 is 14.3 Å². The molecular formula is C39H37ClN8O4. The molecule has 52 heavy (non-hydrogen) atoms. The van der Waals surface area contributed by atoms with Crippen molar-refractivity contribution in [3.8, 4) is 45.5 Å². The van der Waals surface area contributed by atoms with E-state index in [-0.39, 0.29) is 29.5 Å². The maximum atomic E-state index is 13.3. The van der Waals surface area contributed by atoms with Crippen molar-refractivity contribution in [1.82, 2.24) is 35.6 Å². The van der Waals surface area contributed by atoms with Gasteiger partial charge in [-0.05, 0) is 36.6 Å². The van der Waals surface area contributed by atoms with Crippen molar-refractivity contribution in [2.24, 2.45) is 0 Å². The molecule has 5 aromatic rings. The van der Waals surface area contributed by atoms with E-state index in [1.807, 2.05) is 60.7 Å². The van der Waals surface area contributed by atoms with Gasteiger partial charge in [-0.1, -0.05) is 54.1 Å². The number of amides is 2. The fraction of sp³-hybridized carbons (Fsp3) is 0.282. The van der Waals surface area contributed by atoms with Crippen molar-refractivity contribution >= 4 is 29.1 Å². The lowest BCUT2D eigenvalue weighted by molar-refractivity contribution is -0.120. The van der Waals surface area contributed by atoms with Crippen LogP contribution in [0.4, 0.5) is 0 Å². The molecule has 0 saturated carbocycles. The van der Waals surface area contributed by atoms with Crippen molar-refractivity contribution in [2.75, 3.05) is 20.2 Å². The molecule has 2 atom stereocenters. The molecule has 0 bridgehead atoms. The van der Waals surface area contributed by atoms with Crippen LogP contribution in [-0.4, -0.2) is 58.5 Å². The number of hydrogen-bond acceptors (Lipinski definition) is 9. The number of halogens is 1. The van der Waals surface area contributed by atoms with Gasteiger partial charge in [0.25, 0.3) is 5.56 Å². The molecule has 3 aromatic heterocycles. The van der Waals surface area contributed by atoms with Crippen LogP contribution in [0, 0.1) is 11.3 Å². The van der Waals surface area contributed by atoms with E-state index in [2.05, 4.69) is 32.3 Å². The smallest absolute Gasteiger partial charge is 0.262 e. The maximum Gasteiger partial charge on any atom is 0.262 e. The molecule has 0 aliphatic carbocycles. The Morgan fingerprint density at radius 1 is 0.885 bits per heavy atom. The molecule has 2 aromatic carbocycles. The van der Waals surface area contributed by atoms with Crippen LogP contribution >= 0.6 is 11.6 Å². The molecule has 264 valence electrons. The SMILES string of the molecule is COc1nc(-c2cccc(-c3cccc(-c4ccn5c(=O)c(CNC[C@@H]6CCC(=O)N6)cnc5c4)c3Cl)c2C#N)ccc1CNC[C@H]1CCC(=O)N1. The second-order valence-corrected chi connectivity index (χ2v) is 13.4. The Bertz CT molecular complexity index is 2280. The molecule has 5 heterocycles. The first-order valence-corrected chi connectivity index (χ1v) is 17.6. The van der Waals surface area contributed by atoms with E-state index in [1.54, 1.807) is 19.5 Å². The molecular weight excluding hydrogens is 680 g/mol. The van der Waals surface area contributed by atoms with Crippen LogP contribution in [0.1, 0.15) is 42.4 Å². The number of carbonyl (C=O) groups excluding carboxylic acids is 2. The molecule has 13 heteroatoms. The summed E-state index contributed by atoms with van der Waals surface area (Å²) in [6, 6.07) is 21.2. The Balaban J connectivity index is 1.12. The normalized spacial score (nSPS) is 16.9. The first-order chi connectivity index (χ1) is 25.3. The van der Waals surface area contributed by atoms with E-state index in [4.69, 9.17) is 21.3 Å². The summed E-state index contributed by atoms with van der Waals surface area (Å²) in [6.45, 7) is 2.07. The Morgan fingerprint density at radius 2 is 1.54 bits per heavy atom. The van der Waals surface area contributed by atoms with Crippen molar-refractivity contribution in [2.45, 2.75) is 50.9 Å². The van der Waals surface area contributed by atoms with Crippen LogP contribution in [0.5, 0.6) is 5.88 Å². The molecule has 2 saturated heterocycles. The number of carbonyl (C=O) groups is 2. The summed E-state index contributed by atoms with van der Waals surface area (Å²) >= 11 is 7.11. The highest BCUT2D eigenvalue weighted by atomic mass is 35.5. The molecule has 0 spiro atoms. The summed E-state index contributed by atoms with van der Waals surface area (Å²) in [5.74, 6) is 0.579. The van der Waals surface area contributed by atoms with E-state index in [1.165, 1.54) is 4.40 Å². The van der Waals surface area contributed by atoms with Crippen molar-refractivity contribution in [1.29, 1.82) is 5.26 Å². The zero-order chi connectivity index (χ0) is 36.2. The predicted molar refractivity (Wildman–Crippen MR) is 198 cm³/mol. The number of pyridine rings is 2. The van der Waals surface area contributed by atoms with Gasteiger partial charge in [0.05, 0.1) is 23.4 Å². The van der Waals surface area contributed by atoms with Gasteiger partial charge in [0.2, 0.25) is 17.7 Å². The van der Waals surface area contributed by atoms with E-state index in [0.29, 0.717) is 89.1 Å². The molecule has 0 radical (unpaired) electrons.